The molecule has 2 aromatic rings. The molecular weight excluding hydrogens is 384 g/mol. The van der Waals surface area contributed by atoms with E-state index in [-0.39, 0.29) is 25.3 Å². The molecule has 0 radical (unpaired) electrons. The van der Waals surface area contributed by atoms with E-state index in [4.69, 9.17) is 9.47 Å². The van der Waals surface area contributed by atoms with E-state index >= 15 is 0 Å². The molecule has 1 aliphatic heterocycles. The number of carbonyl (C=O) groups is 1. The Labute approximate surface area is 155 Å². The summed E-state index contributed by atoms with van der Waals surface area (Å²) in [5.74, 6) is 1.44. The van der Waals surface area contributed by atoms with Crippen LogP contribution in [0.5, 0.6) is 11.5 Å². The van der Waals surface area contributed by atoms with Gasteiger partial charge in [0.1, 0.15) is 0 Å². The monoisotopic (exact) mass is 404 g/mol. The Bertz CT molecular complexity index is 734. The van der Waals surface area contributed by atoms with Crippen molar-refractivity contribution in [3.8, 4) is 11.5 Å². The van der Waals surface area contributed by atoms with E-state index in [1.54, 1.807) is 0 Å². The van der Waals surface area contributed by atoms with Crippen LogP contribution < -0.4 is 20.1 Å². The van der Waals surface area contributed by atoms with Gasteiger partial charge in [-0.3, -0.25) is 4.79 Å². The summed E-state index contributed by atoms with van der Waals surface area (Å²) in [5.41, 5.74) is 2.16. The highest BCUT2D eigenvalue weighted by atomic mass is 79.9. The van der Waals surface area contributed by atoms with E-state index in [2.05, 4.69) is 45.6 Å². The first-order valence-corrected chi connectivity index (χ1v) is 9.09. The second-order valence-corrected chi connectivity index (χ2v) is 6.77. The molecule has 0 aliphatic carbocycles. The molecule has 2 N–H and O–H groups in total. The molecule has 1 amide bonds. The zero-order valence-corrected chi connectivity index (χ0v) is 15.6. The molecule has 0 saturated carbocycles. The van der Waals surface area contributed by atoms with Gasteiger partial charge in [-0.15, -0.1) is 0 Å². The predicted molar refractivity (Wildman–Crippen MR) is 99.6 cm³/mol. The summed E-state index contributed by atoms with van der Waals surface area (Å²) < 4.78 is 11.7. The van der Waals surface area contributed by atoms with Gasteiger partial charge >= 0.3 is 0 Å². The van der Waals surface area contributed by atoms with Crippen LogP contribution in [0.4, 0.5) is 0 Å². The fourth-order valence-electron chi connectivity index (χ4n) is 2.72. The van der Waals surface area contributed by atoms with Crippen molar-refractivity contribution in [2.45, 2.75) is 25.9 Å². The Kier molecular flexibility index (Phi) is 5.94. The van der Waals surface area contributed by atoms with Crippen molar-refractivity contribution in [1.82, 2.24) is 10.6 Å². The van der Waals surface area contributed by atoms with Gasteiger partial charge in [0.2, 0.25) is 12.7 Å². The van der Waals surface area contributed by atoms with Gasteiger partial charge < -0.3 is 20.1 Å². The molecule has 0 fully saturated rings. The summed E-state index contributed by atoms with van der Waals surface area (Å²) >= 11 is 3.44. The lowest BCUT2D eigenvalue weighted by atomic mass is 10.0. The Balaban J connectivity index is 1.48. The third kappa shape index (κ3) is 4.74. The number of nitrogens with one attached hydrogen (secondary N) is 2. The van der Waals surface area contributed by atoms with E-state index in [1.165, 1.54) is 5.56 Å². The number of ether oxygens (including phenoxy) is 2. The molecule has 0 unspecified atom stereocenters. The zero-order chi connectivity index (χ0) is 17.6. The van der Waals surface area contributed by atoms with E-state index < -0.39 is 0 Å². The Morgan fingerprint density at radius 3 is 2.68 bits per heavy atom. The Morgan fingerprint density at radius 1 is 1.16 bits per heavy atom. The maximum Gasteiger partial charge on any atom is 0.234 e. The van der Waals surface area contributed by atoms with Crippen molar-refractivity contribution < 1.29 is 14.3 Å². The van der Waals surface area contributed by atoms with Crippen LogP contribution in [-0.2, 0) is 11.3 Å². The Morgan fingerprint density at radius 2 is 1.92 bits per heavy atom. The third-order valence-electron chi connectivity index (χ3n) is 4.12. The second kappa shape index (κ2) is 8.36. The van der Waals surface area contributed by atoms with Gasteiger partial charge in [-0.1, -0.05) is 41.1 Å². The van der Waals surface area contributed by atoms with Crippen molar-refractivity contribution in [3.05, 3.63) is 58.1 Å². The van der Waals surface area contributed by atoms with Crippen LogP contribution in [0.25, 0.3) is 0 Å². The first-order chi connectivity index (χ1) is 12.2. The molecule has 132 valence electrons. The molecule has 25 heavy (non-hydrogen) atoms. The van der Waals surface area contributed by atoms with Crippen molar-refractivity contribution in [2.75, 3.05) is 13.3 Å². The average Bonchev–Trinajstić information content (AvgIpc) is 3.09. The Hall–Kier alpha value is -2.05. The standard InChI is InChI=1S/C19H21BrN2O3/c1-2-16(14-4-6-15(20)7-5-14)21-11-19(23)22-10-13-3-8-17-18(9-13)25-12-24-17/h3-9,16,21H,2,10-12H2,1H3,(H,22,23)/t16-/m1/s1. The number of hydrogen-bond acceptors (Lipinski definition) is 4. The van der Waals surface area contributed by atoms with Crippen LogP contribution in [0.1, 0.15) is 30.5 Å². The molecule has 0 bridgehead atoms. The molecule has 2 aromatic carbocycles. The lowest BCUT2D eigenvalue weighted by Crippen LogP contribution is -2.35. The van der Waals surface area contributed by atoms with Crippen LogP contribution >= 0.6 is 15.9 Å². The van der Waals surface area contributed by atoms with E-state index in [0.717, 1.165) is 28.0 Å². The fraction of sp³-hybridized carbons (Fsp3) is 0.316. The minimum atomic E-state index is -0.0340. The van der Waals surface area contributed by atoms with Crippen LogP contribution in [-0.4, -0.2) is 19.2 Å². The van der Waals surface area contributed by atoms with Crippen molar-refractivity contribution in [1.29, 1.82) is 0 Å². The first kappa shape index (κ1) is 17.8. The highest BCUT2D eigenvalue weighted by molar-refractivity contribution is 9.10. The molecular formula is C19H21BrN2O3. The molecule has 6 heteroatoms. The van der Waals surface area contributed by atoms with Gasteiger partial charge in [-0.25, -0.2) is 0 Å². The van der Waals surface area contributed by atoms with E-state index in [1.807, 2.05) is 30.3 Å². The van der Waals surface area contributed by atoms with Gasteiger partial charge in [-0.05, 0) is 41.8 Å². The maximum atomic E-state index is 12.1. The van der Waals surface area contributed by atoms with Crippen LogP contribution in [0.2, 0.25) is 0 Å². The quantitative estimate of drug-likeness (QED) is 0.740. The average molecular weight is 405 g/mol. The predicted octanol–water partition coefficient (Wildman–Crippen LogP) is 3.53. The minimum Gasteiger partial charge on any atom is -0.454 e. The topological polar surface area (TPSA) is 59.6 Å². The van der Waals surface area contributed by atoms with Crippen molar-refractivity contribution in [2.24, 2.45) is 0 Å². The van der Waals surface area contributed by atoms with Crippen molar-refractivity contribution in [3.63, 3.8) is 0 Å². The molecule has 1 heterocycles. The lowest BCUT2D eigenvalue weighted by Gasteiger charge is -2.17. The molecule has 1 aliphatic rings. The largest absolute Gasteiger partial charge is 0.454 e. The van der Waals surface area contributed by atoms with Gasteiger partial charge in [0, 0.05) is 17.1 Å². The highest BCUT2D eigenvalue weighted by Crippen LogP contribution is 2.32. The van der Waals surface area contributed by atoms with E-state index in [0.29, 0.717) is 6.54 Å². The van der Waals surface area contributed by atoms with Gasteiger partial charge in [0.05, 0.1) is 6.54 Å². The molecule has 0 aromatic heterocycles. The molecule has 5 nitrogen and oxygen atoms in total. The summed E-state index contributed by atoms with van der Waals surface area (Å²) in [7, 11) is 0. The van der Waals surface area contributed by atoms with E-state index in [9.17, 15) is 4.79 Å². The van der Waals surface area contributed by atoms with Crippen molar-refractivity contribution >= 4 is 21.8 Å². The van der Waals surface area contributed by atoms with Gasteiger partial charge in [0.25, 0.3) is 0 Å². The lowest BCUT2D eigenvalue weighted by molar-refractivity contribution is -0.120. The molecule has 3 rings (SSSR count). The number of hydrogen-bond donors (Lipinski definition) is 2. The summed E-state index contributed by atoms with van der Waals surface area (Å²) in [5, 5.41) is 6.24. The maximum absolute atomic E-state index is 12.1. The van der Waals surface area contributed by atoms with Crippen LogP contribution in [0.15, 0.2) is 46.9 Å². The summed E-state index contributed by atoms with van der Waals surface area (Å²) in [6.45, 7) is 3.10. The minimum absolute atomic E-state index is 0.0340. The number of fused-ring (bicyclic) bond motifs is 1. The first-order valence-electron chi connectivity index (χ1n) is 8.30. The number of amides is 1. The number of carbonyl (C=O) groups excluding carboxylic acids is 1. The van der Waals surface area contributed by atoms with Crippen LogP contribution in [0.3, 0.4) is 0 Å². The number of benzene rings is 2. The van der Waals surface area contributed by atoms with Gasteiger partial charge in [0.15, 0.2) is 11.5 Å². The molecule has 0 saturated heterocycles. The zero-order valence-electron chi connectivity index (χ0n) is 14.0. The summed E-state index contributed by atoms with van der Waals surface area (Å²) in [6.07, 6.45) is 0.914. The van der Waals surface area contributed by atoms with Crippen LogP contribution in [0, 0.1) is 0 Å². The highest BCUT2D eigenvalue weighted by Gasteiger charge is 2.14. The summed E-state index contributed by atoms with van der Waals surface area (Å²) in [6, 6.07) is 14.0. The third-order valence-corrected chi connectivity index (χ3v) is 4.64. The molecule has 1 atom stereocenters. The smallest absolute Gasteiger partial charge is 0.234 e. The normalized spacial score (nSPS) is 13.5. The molecule has 0 spiro atoms. The SMILES string of the molecule is CC[C@@H](NCC(=O)NCc1ccc2c(c1)OCO2)c1ccc(Br)cc1. The van der Waals surface area contributed by atoms with Gasteiger partial charge in [-0.2, -0.15) is 0 Å². The summed E-state index contributed by atoms with van der Waals surface area (Å²) in [4.78, 5) is 12.1. The number of halogens is 1. The fourth-order valence-corrected chi connectivity index (χ4v) is 2.99. The number of rotatable bonds is 7. The second-order valence-electron chi connectivity index (χ2n) is 5.86.